The van der Waals surface area contributed by atoms with E-state index in [1.54, 1.807) is 24.3 Å². The predicted octanol–water partition coefficient (Wildman–Crippen LogP) is 4.40. The number of piperidine rings is 1. The van der Waals surface area contributed by atoms with E-state index in [9.17, 15) is 9.59 Å². The van der Waals surface area contributed by atoms with E-state index in [-0.39, 0.29) is 18.4 Å². The molecule has 0 saturated carbocycles. The van der Waals surface area contributed by atoms with Gasteiger partial charge in [-0.05, 0) is 61.6 Å². The first-order valence-electron chi connectivity index (χ1n) is 10.7. The minimum Gasteiger partial charge on any atom is -0.494 e. The summed E-state index contributed by atoms with van der Waals surface area (Å²) in [4.78, 5) is 26.8. The Bertz CT molecular complexity index is 843. The average molecular weight is 410 g/mol. The van der Waals surface area contributed by atoms with Gasteiger partial charge in [0.25, 0.3) is 5.91 Å². The first-order valence-corrected chi connectivity index (χ1v) is 10.7. The third kappa shape index (κ3) is 6.24. The first kappa shape index (κ1) is 21.7. The molecule has 1 fully saturated rings. The van der Waals surface area contributed by atoms with Gasteiger partial charge >= 0.3 is 0 Å². The lowest BCUT2D eigenvalue weighted by atomic mass is 9.98. The Balaban J connectivity index is 1.48. The number of hydrogen-bond acceptors (Lipinski definition) is 4. The minimum atomic E-state index is -0.154. The number of ether oxygens (including phenoxy) is 1. The second-order valence-corrected chi connectivity index (χ2v) is 7.83. The zero-order chi connectivity index (χ0) is 21.3. The van der Waals surface area contributed by atoms with Crippen LogP contribution in [0.25, 0.3) is 0 Å². The summed E-state index contributed by atoms with van der Waals surface area (Å²) in [5.74, 6) is 1.38. The zero-order valence-corrected chi connectivity index (χ0v) is 17.8. The van der Waals surface area contributed by atoms with Crippen LogP contribution in [-0.4, -0.2) is 43.0 Å². The van der Waals surface area contributed by atoms with Crippen LogP contribution in [0.1, 0.15) is 43.5 Å². The maximum Gasteiger partial charge on any atom is 0.253 e. The van der Waals surface area contributed by atoms with Gasteiger partial charge in [0.05, 0.1) is 13.2 Å². The van der Waals surface area contributed by atoms with Gasteiger partial charge in [0.1, 0.15) is 5.75 Å². The highest BCUT2D eigenvalue weighted by atomic mass is 16.5. The number of hydrogen-bond donors (Lipinski definition) is 2. The van der Waals surface area contributed by atoms with Gasteiger partial charge in [-0.2, -0.15) is 0 Å². The number of likely N-dealkylation sites (tertiary alicyclic amines) is 1. The van der Waals surface area contributed by atoms with E-state index in [0.29, 0.717) is 23.8 Å². The van der Waals surface area contributed by atoms with Gasteiger partial charge in [0, 0.05) is 36.1 Å². The first-order chi connectivity index (χ1) is 14.5. The summed E-state index contributed by atoms with van der Waals surface area (Å²) in [6.45, 7) is 6.72. The highest BCUT2D eigenvalue weighted by molar-refractivity contribution is 5.96. The van der Waals surface area contributed by atoms with Crippen molar-refractivity contribution in [1.82, 2.24) is 4.90 Å². The third-order valence-corrected chi connectivity index (χ3v) is 5.25. The molecule has 1 aliphatic heterocycles. The molecule has 1 aliphatic rings. The maximum atomic E-state index is 12.6. The van der Waals surface area contributed by atoms with Crippen LogP contribution >= 0.6 is 0 Å². The van der Waals surface area contributed by atoms with E-state index >= 15 is 0 Å². The van der Waals surface area contributed by atoms with Crippen molar-refractivity contribution in [1.29, 1.82) is 0 Å². The summed E-state index contributed by atoms with van der Waals surface area (Å²) >= 11 is 0. The summed E-state index contributed by atoms with van der Waals surface area (Å²) in [5.41, 5.74) is 2.16. The smallest absolute Gasteiger partial charge is 0.253 e. The van der Waals surface area contributed by atoms with E-state index < -0.39 is 0 Å². The van der Waals surface area contributed by atoms with Crippen LogP contribution in [0.3, 0.4) is 0 Å². The number of carbonyl (C=O) groups excluding carboxylic acids is 2. The largest absolute Gasteiger partial charge is 0.494 e. The van der Waals surface area contributed by atoms with Crippen LogP contribution in [0.5, 0.6) is 5.75 Å². The molecule has 160 valence electrons. The molecule has 3 rings (SSSR count). The minimum absolute atomic E-state index is 0.0617. The number of benzene rings is 2. The molecular formula is C24H31N3O3. The van der Waals surface area contributed by atoms with Crippen molar-refractivity contribution in [3.8, 4) is 5.75 Å². The van der Waals surface area contributed by atoms with E-state index in [1.165, 1.54) is 0 Å². The van der Waals surface area contributed by atoms with Gasteiger partial charge in [0.2, 0.25) is 5.91 Å². The molecule has 0 aliphatic carbocycles. The van der Waals surface area contributed by atoms with Crippen LogP contribution in [0.2, 0.25) is 0 Å². The molecule has 0 atom stereocenters. The molecule has 1 saturated heterocycles. The molecule has 0 spiro atoms. The zero-order valence-electron chi connectivity index (χ0n) is 17.8. The Labute approximate surface area is 178 Å². The van der Waals surface area contributed by atoms with Crippen LogP contribution in [-0.2, 0) is 4.79 Å². The SMILES string of the molecule is CCCOc1cccc(NCC(=O)Nc2ccc(C(=O)N3CCC(C)CC3)cc2)c1. The van der Waals surface area contributed by atoms with Crippen molar-refractivity contribution in [3.63, 3.8) is 0 Å². The number of carbonyl (C=O) groups is 2. The van der Waals surface area contributed by atoms with Crippen molar-refractivity contribution in [3.05, 3.63) is 54.1 Å². The molecule has 0 aromatic heterocycles. The molecule has 0 bridgehead atoms. The topological polar surface area (TPSA) is 70.7 Å². The predicted molar refractivity (Wildman–Crippen MR) is 120 cm³/mol. The van der Waals surface area contributed by atoms with Gasteiger partial charge in [-0.25, -0.2) is 0 Å². The fourth-order valence-corrected chi connectivity index (χ4v) is 3.39. The van der Waals surface area contributed by atoms with Crippen molar-refractivity contribution >= 4 is 23.2 Å². The molecule has 2 aromatic rings. The quantitative estimate of drug-likeness (QED) is 0.678. The molecule has 6 nitrogen and oxygen atoms in total. The third-order valence-electron chi connectivity index (χ3n) is 5.25. The summed E-state index contributed by atoms with van der Waals surface area (Å²) < 4.78 is 5.61. The molecular weight excluding hydrogens is 378 g/mol. The number of rotatable bonds is 8. The number of amides is 2. The molecule has 2 aromatic carbocycles. The highest BCUT2D eigenvalue weighted by Crippen LogP contribution is 2.20. The van der Waals surface area contributed by atoms with E-state index in [0.717, 1.165) is 43.8 Å². The second-order valence-electron chi connectivity index (χ2n) is 7.83. The second kappa shape index (κ2) is 10.7. The lowest BCUT2D eigenvalue weighted by Gasteiger charge is -2.30. The number of anilines is 2. The lowest BCUT2D eigenvalue weighted by Crippen LogP contribution is -2.37. The molecule has 6 heteroatoms. The fourth-order valence-electron chi connectivity index (χ4n) is 3.39. The summed E-state index contributed by atoms with van der Waals surface area (Å²) in [6.07, 6.45) is 3.06. The highest BCUT2D eigenvalue weighted by Gasteiger charge is 2.21. The molecule has 2 N–H and O–H groups in total. The van der Waals surface area contributed by atoms with E-state index in [1.807, 2.05) is 29.2 Å². The van der Waals surface area contributed by atoms with E-state index in [4.69, 9.17) is 4.74 Å². The van der Waals surface area contributed by atoms with Gasteiger partial charge in [0.15, 0.2) is 0 Å². The van der Waals surface area contributed by atoms with Crippen molar-refractivity contribution in [2.75, 3.05) is 36.9 Å². The lowest BCUT2D eigenvalue weighted by molar-refractivity contribution is -0.114. The van der Waals surface area contributed by atoms with Crippen LogP contribution in [0, 0.1) is 5.92 Å². The van der Waals surface area contributed by atoms with Gasteiger partial charge in [-0.1, -0.05) is 19.9 Å². The standard InChI is InChI=1S/C24H31N3O3/c1-3-15-30-22-6-4-5-21(16-22)25-17-23(28)26-20-9-7-19(8-10-20)24(29)27-13-11-18(2)12-14-27/h4-10,16,18,25H,3,11-15,17H2,1-2H3,(H,26,28). The average Bonchev–Trinajstić information content (AvgIpc) is 2.77. The Morgan fingerprint density at radius 2 is 1.80 bits per heavy atom. The number of nitrogens with one attached hydrogen (secondary N) is 2. The van der Waals surface area contributed by atoms with Crippen molar-refractivity contribution in [2.45, 2.75) is 33.1 Å². The summed E-state index contributed by atoms with van der Waals surface area (Å²) in [7, 11) is 0. The maximum absolute atomic E-state index is 12.6. The van der Waals surface area contributed by atoms with Crippen molar-refractivity contribution < 1.29 is 14.3 Å². The van der Waals surface area contributed by atoms with Crippen LogP contribution < -0.4 is 15.4 Å². The fraction of sp³-hybridized carbons (Fsp3) is 0.417. The Kier molecular flexibility index (Phi) is 7.71. The Hall–Kier alpha value is -3.02. The molecule has 30 heavy (non-hydrogen) atoms. The summed E-state index contributed by atoms with van der Waals surface area (Å²) in [5, 5.41) is 5.96. The molecule has 0 unspecified atom stereocenters. The molecule has 0 radical (unpaired) electrons. The van der Waals surface area contributed by atoms with Gasteiger partial charge in [-0.3, -0.25) is 9.59 Å². The van der Waals surface area contributed by atoms with E-state index in [2.05, 4.69) is 24.5 Å². The Morgan fingerprint density at radius 1 is 1.07 bits per heavy atom. The van der Waals surface area contributed by atoms with Crippen LogP contribution in [0.4, 0.5) is 11.4 Å². The molecule has 2 amide bonds. The normalized spacial score (nSPS) is 14.3. The summed E-state index contributed by atoms with van der Waals surface area (Å²) in [6, 6.07) is 14.7. The van der Waals surface area contributed by atoms with Crippen molar-refractivity contribution in [2.24, 2.45) is 5.92 Å². The van der Waals surface area contributed by atoms with Gasteiger partial charge in [-0.15, -0.1) is 0 Å². The molecule has 1 heterocycles. The van der Waals surface area contributed by atoms with Gasteiger partial charge < -0.3 is 20.3 Å². The van der Waals surface area contributed by atoms with Crippen LogP contribution in [0.15, 0.2) is 48.5 Å². The number of nitrogens with zero attached hydrogens (tertiary/aromatic N) is 1. The monoisotopic (exact) mass is 409 g/mol. The Morgan fingerprint density at radius 3 is 2.50 bits per heavy atom.